The second-order valence-corrected chi connectivity index (χ2v) is 7.22. The highest BCUT2D eigenvalue weighted by Crippen LogP contribution is 2.33. The molecule has 0 amide bonds. The van der Waals surface area contributed by atoms with Gasteiger partial charge < -0.3 is 14.2 Å². The van der Waals surface area contributed by atoms with E-state index >= 15 is 0 Å². The molecule has 0 saturated heterocycles. The van der Waals surface area contributed by atoms with Gasteiger partial charge in [-0.2, -0.15) is 8.78 Å². The average molecular weight is 467 g/mol. The van der Waals surface area contributed by atoms with Crippen molar-refractivity contribution in [3.8, 4) is 11.4 Å². The SMILES string of the molecule is Cc1noc(C)c1COc1ccc(-n2c(=O)[nH]c(C(F)(F)Cl)c(Cl)c2=O)cc1Cl. The van der Waals surface area contributed by atoms with E-state index in [1.807, 2.05) is 4.98 Å². The number of halogens is 5. The molecule has 0 saturated carbocycles. The third-order valence-electron chi connectivity index (χ3n) is 4.06. The van der Waals surface area contributed by atoms with Gasteiger partial charge in [0.05, 0.1) is 22.0 Å². The van der Waals surface area contributed by atoms with Crippen molar-refractivity contribution in [2.75, 3.05) is 0 Å². The van der Waals surface area contributed by atoms with Crippen LogP contribution in [-0.2, 0) is 12.0 Å². The van der Waals surface area contributed by atoms with Crippen LogP contribution < -0.4 is 16.0 Å². The minimum atomic E-state index is -4.01. The molecule has 0 bridgehead atoms. The number of benzene rings is 1. The Hall–Kier alpha value is -2.36. The Labute approximate surface area is 176 Å². The number of aryl methyl sites for hydroxylation is 2. The van der Waals surface area contributed by atoms with Gasteiger partial charge >= 0.3 is 11.1 Å². The normalized spacial score (nSPS) is 11.7. The smallest absolute Gasteiger partial charge is 0.364 e. The molecule has 0 radical (unpaired) electrons. The number of rotatable bonds is 5. The molecule has 2 heterocycles. The lowest BCUT2D eigenvalue weighted by atomic mass is 10.2. The summed E-state index contributed by atoms with van der Waals surface area (Å²) in [7, 11) is 0. The maximum Gasteiger partial charge on any atom is 0.364 e. The lowest BCUT2D eigenvalue weighted by molar-refractivity contribution is 0.0893. The Morgan fingerprint density at radius 3 is 2.52 bits per heavy atom. The standard InChI is InChI=1S/C17H12Cl3F2N3O4/c1-7-10(8(2)29-24-7)6-28-12-4-3-9(5-11(12)18)25-15(26)13(19)14(17(20,21)22)23-16(25)27/h3-5H,6H2,1-2H3,(H,23,27). The third-order valence-corrected chi connectivity index (χ3v) is 4.89. The van der Waals surface area contributed by atoms with Crippen LogP contribution in [0.4, 0.5) is 8.78 Å². The number of nitrogens with one attached hydrogen (secondary N) is 1. The van der Waals surface area contributed by atoms with Crippen LogP contribution in [0.15, 0.2) is 32.3 Å². The van der Waals surface area contributed by atoms with Crippen molar-refractivity contribution in [1.29, 1.82) is 0 Å². The lowest BCUT2D eigenvalue weighted by Gasteiger charge is -2.13. The van der Waals surface area contributed by atoms with E-state index in [1.165, 1.54) is 18.2 Å². The van der Waals surface area contributed by atoms with Gasteiger partial charge in [-0.05, 0) is 43.6 Å². The number of ether oxygens (including phenoxy) is 1. The second-order valence-electron chi connectivity index (χ2n) is 5.96. The minimum absolute atomic E-state index is 0.00252. The summed E-state index contributed by atoms with van der Waals surface area (Å²) < 4.78 is 37.8. The molecule has 0 atom stereocenters. The van der Waals surface area contributed by atoms with Gasteiger partial charge in [-0.15, -0.1) is 0 Å². The van der Waals surface area contributed by atoms with Gasteiger partial charge in [0.25, 0.3) is 5.56 Å². The van der Waals surface area contributed by atoms with Gasteiger partial charge in [0.2, 0.25) is 0 Å². The maximum atomic E-state index is 13.3. The predicted octanol–water partition coefficient (Wildman–Crippen LogP) is 4.30. The fraction of sp³-hybridized carbons (Fsp3) is 0.235. The average Bonchev–Trinajstić information content (AvgIpc) is 2.95. The molecule has 1 N–H and O–H groups in total. The van der Waals surface area contributed by atoms with Gasteiger partial charge in [0.15, 0.2) is 0 Å². The van der Waals surface area contributed by atoms with Crippen molar-refractivity contribution in [1.82, 2.24) is 14.7 Å². The number of aromatic nitrogens is 3. The highest BCUT2D eigenvalue weighted by Gasteiger charge is 2.34. The summed E-state index contributed by atoms with van der Waals surface area (Å²) >= 11 is 16.7. The molecule has 1 aromatic carbocycles. The first-order valence-corrected chi connectivity index (χ1v) is 9.10. The molecule has 0 aliphatic carbocycles. The first-order chi connectivity index (χ1) is 13.5. The molecule has 0 unspecified atom stereocenters. The molecule has 0 aliphatic heterocycles. The van der Waals surface area contributed by atoms with Crippen LogP contribution in [0.5, 0.6) is 5.75 Å². The van der Waals surface area contributed by atoms with Crippen LogP contribution in [-0.4, -0.2) is 14.7 Å². The van der Waals surface area contributed by atoms with E-state index in [9.17, 15) is 18.4 Å². The molecule has 7 nitrogen and oxygen atoms in total. The number of H-pyrrole nitrogens is 1. The summed E-state index contributed by atoms with van der Waals surface area (Å²) in [6, 6.07) is 4.02. The quantitative estimate of drug-likeness (QED) is 0.566. The van der Waals surface area contributed by atoms with Crippen LogP contribution in [0, 0.1) is 13.8 Å². The zero-order valence-electron chi connectivity index (χ0n) is 14.9. The number of hydrogen-bond donors (Lipinski definition) is 1. The highest BCUT2D eigenvalue weighted by atomic mass is 35.5. The molecule has 3 rings (SSSR count). The fourth-order valence-electron chi connectivity index (χ4n) is 2.55. The number of hydrogen-bond acceptors (Lipinski definition) is 5. The van der Waals surface area contributed by atoms with Gasteiger partial charge in [-0.25, -0.2) is 9.36 Å². The van der Waals surface area contributed by atoms with Crippen LogP contribution in [0.1, 0.15) is 22.7 Å². The van der Waals surface area contributed by atoms with Gasteiger partial charge in [0, 0.05) is 0 Å². The molecule has 0 spiro atoms. The van der Waals surface area contributed by atoms with E-state index in [2.05, 4.69) is 5.16 Å². The maximum absolute atomic E-state index is 13.3. The molecule has 2 aromatic heterocycles. The Morgan fingerprint density at radius 1 is 1.28 bits per heavy atom. The van der Waals surface area contributed by atoms with Crippen LogP contribution in [0.3, 0.4) is 0 Å². The van der Waals surface area contributed by atoms with E-state index in [4.69, 9.17) is 44.1 Å². The van der Waals surface area contributed by atoms with E-state index in [0.717, 1.165) is 5.56 Å². The second kappa shape index (κ2) is 7.81. The van der Waals surface area contributed by atoms with Crippen LogP contribution in [0.25, 0.3) is 5.69 Å². The molecule has 0 aliphatic rings. The fourth-order valence-corrected chi connectivity index (χ4v) is 3.22. The van der Waals surface area contributed by atoms with E-state index in [1.54, 1.807) is 13.8 Å². The zero-order chi connectivity index (χ0) is 21.5. The number of nitrogens with zero attached hydrogens (tertiary/aromatic N) is 2. The van der Waals surface area contributed by atoms with Gasteiger partial charge in [-0.1, -0.05) is 28.4 Å². The predicted molar refractivity (Wildman–Crippen MR) is 103 cm³/mol. The van der Waals surface area contributed by atoms with Crippen LogP contribution in [0.2, 0.25) is 10.0 Å². The van der Waals surface area contributed by atoms with Crippen molar-refractivity contribution in [2.45, 2.75) is 25.8 Å². The van der Waals surface area contributed by atoms with Crippen molar-refractivity contribution in [3.05, 3.63) is 71.8 Å². The Kier molecular flexibility index (Phi) is 5.75. The largest absolute Gasteiger partial charge is 0.487 e. The van der Waals surface area contributed by atoms with Gasteiger partial charge in [-0.3, -0.25) is 4.79 Å². The van der Waals surface area contributed by atoms with Crippen molar-refractivity contribution >= 4 is 34.8 Å². The van der Waals surface area contributed by atoms with Crippen molar-refractivity contribution < 1.29 is 18.0 Å². The third kappa shape index (κ3) is 4.17. The summed E-state index contributed by atoms with van der Waals surface area (Å²) in [5, 5.41) is -1.04. The Morgan fingerprint density at radius 2 is 1.97 bits per heavy atom. The number of alkyl halides is 3. The van der Waals surface area contributed by atoms with Crippen molar-refractivity contribution in [3.63, 3.8) is 0 Å². The monoisotopic (exact) mass is 465 g/mol. The minimum Gasteiger partial charge on any atom is -0.487 e. The first kappa shape index (κ1) is 21.4. The molecular formula is C17H12Cl3F2N3O4. The Balaban J connectivity index is 1.96. The van der Waals surface area contributed by atoms with Gasteiger partial charge in [0.1, 0.15) is 28.8 Å². The first-order valence-electron chi connectivity index (χ1n) is 7.97. The summed E-state index contributed by atoms with van der Waals surface area (Å²) in [6.45, 7) is 3.63. The highest BCUT2D eigenvalue weighted by molar-refractivity contribution is 6.33. The summed E-state index contributed by atoms with van der Waals surface area (Å²) in [6.07, 6.45) is 0. The van der Waals surface area contributed by atoms with Crippen LogP contribution >= 0.6 is 34.8 Å². The van der Waals surface area contributed by atoms with E-state index < -0.39 is 27.3 Å². The molecule has 3 aromatic rings. The number of aromatic amines is 1. The lowest BCUT2D eigenvalue weighted by Crippen LogP contribution is -2.36. The molecule has 154 valence electrons. The topological polar surface area (TPSA) is 90.1 Å². The molecule has 29 heavy (non-hydrogen) atoms. The summed E-state index contributed by atoms with van der Waals surface area (Å²) in [4.78, 5) is 26.3. The van der Waals surface area contributed by atoms with E-state index in [-0.39, 0.29) is 23.1 Å². The summed E-state index contributed by atoms with van der Waals surface area (Å²) in [5.41, 5.74) is -2.10. The molecule has 0 fully saturated rings. The van der Waals surface area contributed by atoms with E-state index in [0.29, 0.717) is 16.0 Å². The van der Waals surface area contributed by atoms with Crippen molar-refractivity contribution in [2.24, 2.45) is 0 Å². The zero-order valence-corrected chi connectivity index (χ0v) is 17.1. The molecule has 12 heteroatoms. The Bertz CT molecular complexity index is 1180. The molecular weight excluding hydrogens is 455 g/mol. The summed E-state index contributed by atoms with van der Waals surface area (Å²) in [5.74, 6) is 0.856.